The number of fused-ring (bicyclic) bond motifs is 1. The zero-order valence-corrected chi connectivity index (χ0v) is 18.5. The number of benzene rings is 2. The number of anilines is 1. The highest BCUT2D eigenvalue weighted by atomic mass is 35.5. The molecule has 0 atom stereocenters. The topological polar surface area (TPSA) is 101 Å². The van der Waals surface area contributed by atoms with Gasteiger partial charge in [0.1, 0.15) is 24.4 Å². The van der Waals surface area contributed by atoms with Crippen molar-refractivity contribution in [2.24, 2.45) is 0 Å². The van der Waals surface area contributed by atoms with Crippen LogP contribution in [0.1, 0.15) is 21.9 Å². The SMILES string of the molecule is O=C(Nc1ncn(Cc2ccc(Cl)cc2Cl)n1)c1ccc(COc2ccc3c(c2)OCO3)o1. The van der Waals surface area contributed by atoms with Crippen LogP contribution in [0.25, 0.3) is 0 Å². The molecule has 0 radical (unpaired) electrons. The number of carbonyl (C=O) groups is 1. The third-order valence-electron chi connectivity index (χ3n) is 4.72. The molecule has 1 aliphatic rings. The van der Waals surface area contributed by atoms with Crippen molar-refractivity contribution < 1.29 is 23.4 Å². The van der Waals surface area contributed by atoms with E-state index in [4.69, 9.17) is 41.8 Å². The number of halogens is 2. The number of nitrogens with one attached hydrogen (secondary N) is 1. The Morgan fingerprint density at radius 1 is 1.09 bits per heavy atom. The van der Waals surface area contributed by atoms with Crippen molar-refractivity contribution in [2.45, 2.75) is 13.2 Å². The summed E-state index contributed by atoms with van der Waals surface area (Å²) in [7, 11) is 0. The Hall–Kier alpha value is -3.69. The lowest BCUT2D eigenvalue weighted by atomic mass is 10.2. The Balaban J connectivity index is 1.17. The molecule has 0 aliphatic carbocycles. The number of nitrogens with zero attached hydrogens (tertiary/aromatic N) is 3. The summed E-state index contributed by atoms with van der Waals surface area (Å²) in [6.07, 6.45) is 1.49. The van der Waals surface area contributed by atoms with Gasteiger partial charge in [0.25, 0.3) is 5.91 Å². The molecule has 11 heteroatoms. The fourth-order valence-electron chi connectivity index (χ4n) is 3.11. The van der Waals surface area contributed by atoms with Gasteiger partial charge in [-0.05, 0) is 42.0 Å². The molecule has 9 nitrogen and oxygen atoms in total. The number of carbonyl (C=O) groups excluding carboxylic acids is 1. The molecule has 2 aromatic carbocycles. The molecule has 2 aromatic heterocycles. The summed E-state index contributed by atoms with van der Waals surface area (Å²) in [5, 5.41) is 7.92. The summed E-state index contributed by atoms with van der Waals surface area (Å²) in [6.45, 7) is 0.708. The van der Waals surface area contributed by atoms with Crippen LogP contribution in [-0.4, -0.2) is 27.5 Å². The predicted molar refractivity (Wildman–Crippen MR) is 119 cm³/mol. The molecule has 33 heavy (non-hydrogen) atoms. The smallest absolute Gasteiger partial charge is 0.293 e. The summed E-state index contributed by atoms with van der Waals surface area (Å²) in [4.78, 5) is 16.6. The van der Waals surface area contributed by atoms with Crippen molar-refractivity contribution in [1.29, 1.82) is 0 Å². The first-order valence-corrected chi connectivity index (χ1v) is 10.5. The fraction of sp³-hybridized carbons (Fsp3) is 0.136. The van der Waals surface area contributed by atoms with Gasteiger partial charge in [-0.3, -0.25) is 10.1 Å². The Labute approximate surface area is 197 Å². The van der Waals surface area contributed by atoms with E-state index in [1.54, 1.807) is 53.2 Å². The molecule has 1 aliphatic heterocycles. The molecule has 0 spiro atoms. The maximum Gasteiger partial charge on any atom is 0.293 e. The van der Waals surface area contributed by atoms with Gasteiger partial charge >= 0.3 is 0 Å². The number of aromatic nitrogens is 3. The highest BCUT2D eigenvalue weighted by Gasteiger charge is 2.16. The Morgan fingerprint density at radius 3 is 2.85 bits per heavy atom. The molecular weight excluding hydrogens is 471 g/mol. The predicted octanol–water partition coefficient (Wildman–Crippen LogP) is 4.79. The van der Waals surface area contributed by atoms with E-state index in [1.165, 1.54) is 6.33 Å². The second-order valence-electron chi connectivity index (χ2n) is 7.03. The maximum absolute atomic E-state index is 12.5. The maximum atomic E-state index is 12.5. The first-order chi connectivity index (χ1) is 16.0. The lowest BCUT2D eigenvalue weighted by Gasteiger charge is -2.05. The van der Waals surface area contributed by atoms with Crippen molar-refractivity contribution in [3.8, 4) is 17.2 Å². The summed E-state index contributed by atoms with van der Waals surface area (Å²) in [5.74, 6) is 2.14. The van der Waals surface area contributed by atoms with E-state index in [0.717, 1.165) is 5.56 Å². The van der Waals surface area contributed by atoms with Crippen molar-refractivity contribution in [3.05, 3.63) is 82.0 Å². The molecular formula is C22H16Cl2N4O5. The lowest BCUT2D eigenvalue weighted by Crippen LogP contribution is -2.12. The highest BCUT2D eigenvalue weighted by molar-refractivity contribution is 6.35. The van der Waals surface area contributed by atoms with Crippen LogP contribution in [0.5, 0.6) is 17.2 Å². The number of ether oxygens (including phenoxy) is 3. The minimum atomic E-state index is -0.480. The first-order valence-electron chi connectivity index (χ1n) is 9.79. The fourth-order valence-corrected chi connectivity index (χ4v) is 3.58. The third kappa shape index (κ3) is 4.89. The van der Waals surface area contributed by atoms with Gasteiger partial charge in [0, 0.05) is 16.1 Å². The van der Waals surface area contributed by atoms with Gasteiger partial charge in [-0.1, -0.05) is 29.3 Å². The van der Waals surface area contributed by atoms with Crippen molar-refractivity contribution >= 4 is 35.1 Å². The standard InChI is InChI=1S/C22H16Cl2N4O5/c23-14-2-1-13(17(24)7-14)9-28-11-25-22(27-28)26-21(29)19-6-4-16(33-19)10-30-15-3-5-18-20(8-15)32-12-31-18/h1-8,11H,9-10,12H2,(H,26,27,29). The van der Waals surface area contributed by atoms with E-state index in [1.807, 2.05) is 0 Å². The normalized spacial score (nSPS) is 12.1. The van der Waals surface area contributed by atoms with E-state index in [0.29, 0.717) is 39.6 Å². The third-order valence-corrected chi connectivity index (χ3v) is 5.31. The molecule has 0 saturated heterocycles. The van der Waals surface area contributed by atoms with Crippen molar-refractivity contribution in [1.82, 2.24) is 14.8 Å². The van der Waals surface area contributed by atoms with Crippen LogP contribution in [0.2, 0.25) is 10.0 Å². The lowest BCUT2D eigenvalue weighted by molar-refractivity contribution is 0.0991. The van der Waals surface area contributed by atoms with Gasteiger partial charge in [-0.15, -0.1) is 5.10 Å². The van der Waals surface area contributed by atoms with E-state index in [2.05, 4.69) is 15.4 Å². The molecule has 0 bridgehead atoms. The van der Waals surface area contributed by atoms with Crippen LogP contribution in [-0.2, 0) is 13.2 Å². The van der Waals surface area contributed by atoms with Crippen LogP contribution < -0.4 is 19.5 Å². The largest absolute Gasteiger partial charge is 0.486 e. The molecule has 4 aromatic rings. The molecule has 0 unspecified atom stereocenters. The highest BCUT2D eigenvalue weighted by Crippen LogP contribution is 2.35. The number of hydrogen-bond donors (Lipinski definition) is 1. The zero-order valence-electron chi connectivity index (χ0n) is 17.0. The molecule has 168 valence electrons. The molecule has 1 amide bonds. The number of furan rings is 1. The Kier molecular flexibility index (Phi) is 5.80. The zero-order chi connectivity index (χ0) is 22.8. The summed E-state index contributed by atoms with van der Waals surface area (Å²) >= 11 is 12.1. The van der Waals surface area contributed by atoms with Crippen molar-refractivity contribution in [2.75, 3.05) is 12.1 Å². The van der Waals surface area contributed by atoms with Crippen molar-refractivity contribution in [3.63, 3.8) is 0 Å². The quantitative estimate of drug-likeness (QED) is 0.400. The molecule has 0 fully saturated rings. The van der Waals surface area contributed by atoms with Crippen LogP contribution in [0.3, 0.4) is 0 Å². The summed E-state index contributed by atoms with van der Waals surface area (Å²) in [6, 6.07) is 13.7. The Morgan fingerprint density at radius 2 is 1.97 bits per heavy atom. The van der Waals surface area contributed by atoms with Gasteiger partial charge in [0.15, 0.2) is 17.3 Å². The van der Waals surface area contributed by atoms with Gasteiger partial charge in [0.05, 0.1) is 6.54 Å². The monoisotopic (exact) mass is 486 g/mol. The van der Waals surface area contributed by atoms with E-state index >= 15 is 0 Å². The van der Waals surface area contributed by atoms with E-state index in [9.17, 15) is 4.79 Å². The minimum absolute atomic E-state index is 0.108. The van der Waals surface area contributed by atoms with E-state index < -0.39 is 5.91 Å². The molecule has 0 saturated carbocycles. The second-order valence-corrected chi connectivity index (χ2v) is 7.87. The second kappa shape index (κ2) is 9.05. The first kappa shape index (κ1) is 21.2. The average molecular weight is 487 g/mol. The number of amides is 1. The average Bonchev–Trinajstić information content (AvgIpc) is 3.55. The van der Waals surface area contributed by atoms with Crippen LogP contribution in [0, 0.1) is 0 Å². The molecule has 3 heterocycles. The van der Waals surface area contributed by atoms with Gasteiger partial charge in [-0.25, -0.2) is 9.67 Å². The van der Waals surface area contributed by atoms with Gasteiger partial charge in [0.2, 0.25) is 12.7 Å². The van der Waals surface area contributed by atoms with Crippen LogP contribution in [0.15, 0.2) is 59.3 Å². The van der Waals surface area contributed by atoms with Crippen LogP contribution in [0.4, 0.5) is 5.95 Å². The number of rotatable bonds is 7. The van der Waals surface area contributed by atoms with Crippen LogP contribution >= 0.6 is 23.2 Å². The van der Waals surface area contributed by atoms with E-state index in [-0.39, 0.29) is 25.1 Å². The minimum Gasteiger partial charge on any atom is -0.486 e. The Bertz CT molecular complexity index is 1320. The van der Waals surface area contributed by atoms with Gasteiger partial charge in [-0.2, -0.15) is 0 Å². The summed E-state index contributed by atoms with van der Waals surface area (Å²) in [5.41, 5.74) is 0.821. The van der Waals surface area contributed by atoms with Gasteiger partial charge < -0.3 is 18.6 Å². The molecule has 5 rings (SSSR count). The summed E-state index contributed by atoms with van der Waals surface area (Å²) < 4.78 is 23.4. The molecule has 1 N–H and O–H groups in total. The number of hydrogen-bond acceptors (Lipinski definition) is 7.